The fourth-order valence-corrected chi connectivity index (χ4v) is 6.53. The molecule has 43 heavy (non-hydrogen) atoms. The lowest BCUT2D eigenvalue weighted by Crippen LogP contribution is -2.27. The van der Waals surface area contributed by atoms with Gasteiger partial charge in [0.2, 0.25) is 11.0 Å². The molecule has 0 aliphatic heterocycles. The van der Waals surface area contributed by atoms with E-state index < -0.39 is 11.7 Å². The molecule has 4 aromatic heterocycles. The van der Waals surface area contributed by atoms with Crippen molar-refractivity contribution in [3.8, 4) is 5.13 Å². The van der Waals surface area contributed by atoms with Gasteiger partial charge in [-0.2, -0.15) is 4.68 Å². The van der Waals surface area contributed by atoms with Crippen molar-refractivity contribution in [3.05, 3.63) is 123 Å². The first kappa shape index (κ1) is 26.6. The minimum atomic E-state index is -0.445. The zero-order valence-corrected chi connectivity index (χ0v) is 23.8. The molecule has 0 aliphatic rings. The number of para-hydroxylation sites is 2. The smallest absolute Gasteiger partial charge is 0.283 e. The van der Waals surface area contributed by atoms with Crippen molar-refractivity contribution in [1.82, 2.24) is 23.9 Å². The van der Waals surface area contributed by atoms with Gasteiger partial charge in [-0.1, -0.05) is 41.7 Å². The van der Waals surface area contributed by atoms with Crippen LogP contribution in [0.25, 0.3) is 37.2 Å². The summed E-state index contributed by atoms with van der Waals surface area (Å²) in [6, 6.07) is 22.3. The third-order valence-electron chi connectivity index (χ3n) is 7.64. The Morgan fingerprint density at radius 2 is 1.79 bits per heavy atom. The quantitative estimate of drug-likeness (QED) is 0.259. The number of anilines is 1. The number of halogens is 1. The standard InChI is InChI=1S/C32H25FN6O3S/c1-19-30-26(16-29(41)37(19)15-14-20-17-34-24-7-3-2-6-23(20)24)38(18-28(40)35-22-12-10-21(33)11-13-22)39(31(30)42)32-36-25-8-4-5-9-27(25)43-32/h2-13,16-17,34H,14-15,18H2,1H3,(H,35,40). The first-order valence-electron chi connectivity index (χ1n) is 13.7. The predicted molar refractivity (Wildman–Crippen MR) is 167 cm³/mol. The number of aromatic amines is 1. The van der Waals surface area contributed by atoms with Gasteiger partial charge in [0, 0.05) is 41.1 Å². The Morgan fingerprint density at radius 1 is 1.02 bits per heavy atom. The van der Waals surface area contributed by atoms with E-state index in [9.17, 15) is 18.8 Å². The van der Waals surface area contributed by atoms with Crippen molar-refractivity contribution >= 4 is 55.0 Å². The van der Waals surface area contributed by atoms with Crippen LogP contribution in [0.3, 0.4) is 0 Å². The van der Waals surface area contributed by atoms with Crippen LogP contribution in [0.4, 0.5) is 10.1 Å². The van der Waals surface area contributed by atoms with Gasteiger partial charge >= 0.3 is 0 Å². The largest absolute Gasteiger partial charge is 0.361 e. The average molecular weight is 593 g/mol. The van der Waals surface area contributed by atoms with E-state index >= 15 is 0 Å². The van der Waals surface area contributed by atoms with Gasteiger partial charge in [0.05, 0.1) is 21.1 Å². The van der Waals surface area contributed by atoms with Crippen LogP contribution in [-0.2, 0) is 24.3 Å². The van der Waals surface area contributed by atoms with Crippen molar-refractivity contribution in [2.45, 2.75) is 26.4 Å². The van der Waals surface area contributed by atoms with Crippen LogP contribution in [-0.4, -0.2) is 29.8 Å². The number of rotatable bonds is 7. The van der Waals surface area contributed by atoms with Crippen LogP contribution in [0, 0.1) is 12.7 Å². The molecular formula is C32H25FN6O3S. The molecule has 1 amide bonds. The molecule has 0 aliphatic carbocycles. The second-order valence-corrected chi connectivity index (χ2v) is 11.3. The number of nitrogens with zero attached hydrogens (tertiary/aromatic N) is 4. The number of benzene rings is 3. The zero-order chi connectivity index (χ0) is 29.7. The number of carbonyl (C=O) groups is 1. The molecule has 0 saturated heterocycles. The number of carbonyl (C=O) groups excluding carboxylic acids is 1. The maximum Gasteiger partial charge on any atom is 0.283 e. The normalized spacial score (nSPS) is 11.6. The highest BCUT2D eigenvalue weighted by Crippen LogP contribution is 2.26. The highest BCUT2D eigenvalue weighted by molar-refractivity contribution is 7.20. The van der Waals surface area contributed by atoms with E-state index in [0.717, 1.165) is 26.7 Å². The molecule has 11 heteroatoms. The van der Waals surface area contributed by atoms with Gasteiger partial charge in [-0.15, -0.1) is 0 Å². The molecule has 0 spiro atoms. The minimum absolute atomic E-state index is 0.274. The number of pyridine rings is 1. The molecule has 0 bridgehead atoms. The highest BCUT2D eigenvalue weighted by Gasteiger charge is 2.23. The number of nitrogens with one attached hydrogen (secondary N) is 2. The van der Waals surface area contributed by atoms with E-state index in [-0.39, 0.29) is 17.7 Å². The van der Waals surface area contributed by atoms with Crippen molar-refractivity contribution in [2.75, 3.05) is 5.32 Å². The maximum atomic E-state index is 14.1. The van der Waals surface area contributed by atoms with Crippen molar-refractivity contribution in [1.29, 1.82) is 0 Å². The molecular weight excluding hydrogens is 567 g/mol. The summed E-state index contributed by atoms with van der Waals surface area (Å²) in [5, 5.41) is 4.56. The molecule has 0 radical (unpaired) electrons. The Hall–Kier alpha value is -5.29. The van der Waals surface area contributed by atoms with Crippen LogP contribution in [0.15, 0.2) is 94.6 Å². The Morgan fingerprint density at radius 3 is 2.60 bits per heavy atom. The van der Waals surface area contributed by atoms with Gasteiger partial charge in [-0.3, -0.25) is 19.1 Å². The molecule has 2 N–H and O–H groups in total. The molecule has 7 aromatic rings. The van der Waals surface area contributed by atoms with Crippen molar-refractivity contribution < 1.29 is 9.18 Å². The molecule has 4 heterocycles. The molecule has 3 aromatic carbocycles. The third kappa shape index (κ3) is 4.73. The van der Waals surface area contributed by atoms with Gasteiger partial charge in [0.15, 0.2) is 0 Å². The number of fused-ring (bicyclic) bond motifs is 3. The van der Waals surface area contributed by atoms with E-state index in [4.69, 9.17) is 0 Å². The van der Waals surface area contributed by atoms with E-state index in [2.05, 4.69) is 15.3 Å². The van der Waals surface area contributed by atoms with Crippen molar-refractivity contribution in [3.63, 3.8) is 0 Å². The maximum absolute atomic E-state index is 14.1. The highest BCUT2D eigenvalue weighted by atomic mass is 32.1. The lowest BCUT2D eigenvalue weighted by Gasteiger charge is -2.13. The summed E-state index contributed by atoms with van der Waals surface area (Å²) >= 11 is 1.32. The van der Waals surface area contributed by atoms with Gasteiger partial charge in [-0.05, 0) is 61.4 Å². The summed E-state index contributed by atoms with van der Waals surface area (Å²) in [6.45, 7) is 1.86. The number of hydrogen-bond acceptors (Lipinski definition) is 5. The number of hydrogen-bond donors (Lipinski definition) is 2. The van der Waals surface area contributed by atoms with E-state index in [0.29, 0.717) is 40.4 Å². The summed E-state index contributed by atoms with van der Waals surface area (Å²) in [4.78, 5) is 48.8. The molecule has 0 saturated carbocycles. The zero-order valence-electron chi connectivity index (χ0n) is 23.0. The van der Waals surface area contributed by atoms with Crippen LogP contribution in [0.5, 0.6) is 0 Å². The summed E-state index contributed by atoms with van der Waals surface area (Å²) < 4.78 is 18.7. The minimum Gasteiger partial charge on any atom is -0.361 e. The summed E-state index contributed by atoms with van der Waals surface area (Å²) in [6.07, 6.45) is 2.53. The Balaban J connectivity index is 1.33. The van der Waals surface area contributed by atoms with Gasteiger partial charge in [-0.25, -0.2) is 9.37 Å². The Labute approximate surface area is 247 Å². The number of amides is 1. The fourth-order valence-electron chi connectivity index (χ4n) is 5.56. The van der Waals surface area contributed by atoms with Gasteiger partial charge in [0.25, 0.3) is 11.1 Å². The predicted octanol–water partition coefficient (Wildman–Crippen LogP) is 5.37. The summed E-state index contributed by atoms with van der Waals surface area (Å²) in [7, 11) is 0. The molecule has 0 unspecified atom stereocenters. The Kier molecular flexibility index (Phi) is 6.51. The summed E-state index contributed by atoms with van der Waals surface area (Å²) in [5.41, 5.74) is 3.42. The topological polar surface area (TPSA) is 107 Å². The van der Waals surface area contributed by atoms with Gasteiger partial charge in [0.1, 0.15) is 12.4 Å². The second-order valence-electron chi connectivity index (χ2n) is 10.3. The van der Waals surface area contributed by atoms with Crippen LogP contribution >= 0.6 is 11.3 Å². The number of aryl methyl sites for hydroxylation is 2. The Bertz CT molecular complexity index is 2260. The van der Waals surface area contributed by atoms with E-state index in [1.165, 1.54) is 51.0 Å². The lowest BCUT2D eigenvalue weighted by atomic mass is 10.1. The molecule has 0 fully saturated rings. The first-order valence-corrected chi connectivity index (χ1v) is 14.5. The fraction of sp³-hybridized carbons (Fsp3) is 0.125. The van der Waals surface area contributed by atoms with E-state index in [1.54, 1.807) is 11.5 Å². The number of thiazole rings is 1. The molecule has 0 atom stereocenters. The molecule has 9 nitrogen and oxygen atoms in total. The lowest BCUT2D eigenvalue weighted by molar-refractivity contribution is -0.116. The molecule has 7 rings (SSSR count). The first-order chi connectivity index (χ1) is 20.9. The van der Waals surface area contributed by atoms with Crippen LogP contribution in [0.2, 0.25) is 0 Å². The number of aromatic nitrogens is 5. The average Bonchev–Trinajstić information content (AvgIpc) is 3.68. The SMILES string of the molecule is Cc1c2c(=O)n(-c3nc4ccccc4s3)n(CC(=O)Nc3ccc(F)cc3)c2cc(=O)n1CCc1c[nH]c2ccccc12. The van der Waals surface area contributed by atoms with Crippen molar-refractivity contribution in [2.24, 2.45) is 0 Å². The third-order valence-corrected chi connectivity index (χ3v) is 8.65. The second kappa shape index (κ2) is 10.5. The molecule has 214 valence electrons. The van der Waals surface area contributed by atoms with Crippen LogP contribution < -0.4 is 16.4 Å². The van der Waals surface area contributed by atoms with E-state index in [1.807, 2.05) is 54.7 Å². The van der Waals surface area contributed by atoms with Gasteiger partial charge < -0.3 is 14.9 Å². The summed E-state index contributed by atoms with van der Waals surface area (Å²) in [5.74, 6) is -0.866. The number of H-pyrrole nitrogens is 1. The van der Waals surface area contributed by atoms with Crippen LogP contribution in [0.1, 0.15) is 11.3 Å². The monoisotopic (exact) mass is 592 g/mol.